The van der Waals surface area contributed by atoms with Crippen LogP contribution in [0.15, 0.2) is 24.3 Å². The van der Waals surface area contributed by atoms with Crippen LogP contribution in [-0.4, -0.2) is 6.61 Å². The molecule has 0 aliphatic rings. The van der Waals surface area contributed by atoms with Gasteiger partial charge in [-0.05, 0) is 19.9 Å². The van der Waals surface area contributed by atoms with Gasteiger partial charge in [-0.3, -0.25) is 0 Å². The quantitative estimate of drug-likeness (QED) is 0.674. The summed E-state index contributed by atoms with van der Waals surface area (Å²) in [6.07, 6.45) is -0.156. The Bertz CT molecular complexity index is 247. The van der Waals surface area contributed by atoms with E-state index in [0.29, 0.717) is 12.2 Å². The minimum Gasteiger partial charge on any atom is -0.374 e. The normalized spacial score (nSPS) is 12.9. The van der Waals surface area contributed by atoms with Gasteiger partial charge >= 0.3 is 0 Å². The van der Waals surface area contributed by atoms with Crippen molar-refractivity contribution in [3.8, 4) is 0 Å². The lowest BCUT2D eigenvalue weighted by Gasteiger charge is -2.11. The molecule has 0 aliphatic heterocycles. The molecule has 1 rings (SSSR count). The summed E-state index contributed by atoms with van der Waals surface area (Å²) in [5, 5.41) is 0. The van der Waals surface area contributed by atoms with Crippen molar-refractivity contribution in [2.75, 3.05) is 6.61 Å². The summed E-state index contributed by atoms with van der Waals surface area (Å²) in [7, 11) is 0. The molecule has 0 bridgehead atoms. The van der Waals surface area contributed by atoms with Crippen molar-refractivity contribution >= 4 is 0 Å². The Labute approximate surface area is 72.2 Å². The average molecular weight is 168 g/mol. The number of ether oxygens (including phenoxy) is 1. The summed E-state index contributed by atoms with van der Waals surface area (Å²) >= 11 is 0. The van der Waals surface area contributed by atoms with Crippen molar-refractivity contribution in [2.24, 2.45) is 0 Å². The van der Waals surface area contributed by atoms with E-state index in [9.17, 15) is 4.39 Å². The molecule has 1 unspecified atom stereocenters. The molecule has 1 aromatic carbocycles. The van der Waals surface area contributed by atoms with Crippen LogP contribution in [0.3, 0.4) is 0 Å². The van der Waals surface area contributed by atoms with Crippen molar-refractivity contribution in [1.82, 2.24) is 0 Å². The van der Waals surface area contributed by atoms with Gasteiger partial charge in [0.15, 0.2) is 0 Å². The maximum absolute atomic E-state index is 13.1. The van der Waals surface area contributed by atoms with Gasteiger partial charge < -0.3 is 4.74 Å². The molecule has 0 radical (unpaired) electrons. The molecule has 0 heterocycles. The van der Waals surface area contributed by atoms with Crippen molar-refractivity contribution in [2.45, 2.75) is 20.0 Å². The first-order valence-corrected chi connectivity index (χ1v) is 4.11. The second-order valence-corrected chi connectivity index (χ2v) is 2.62. The van der Waals surface area contributed by atoms with Crippen LogP contribution in [0, 0.1) is 5.82 Å². The highest BCUT2D eigenvalue weighted by molar-refractivity contribution is 5.19. The molecular formula is C10H13FO. The number of halogens is 1. The minimum absolute atomic E-state index is 0.156. The monoisotopic (exact) mass is 168 g/mol. The number of hydrogen-bond donors (Lipinski definition) is 0. The summed E-state index contributed by atoms with van der Waals surface area (Å²) in [6.45, 7) is 4.36. The van der Waals surface area contributed by atoms with Gasteiger partial charge in [-0.2, -0.15) is 0 Å². The van der Waals surface area contributed by atoms with Gasteiger partial charge in [0.2, 0.25) is 0 Å². The predicted molar refractivity (Wildman–Crippen MR) is 46.4 cm³/mol. The highest BCUT2D eigenvalue weighted by Crippen LogP contribution is 2.19. The molecule has 66 valence electrons. The van der Waals surface area contributed by atoms with Crippen LogP contribution < -0.4 is 0 Å². The molecule has 0 amide bonds. The summed E-state index contributed by atoms with van der Waals surface area (Å²) in [4.78, 5) is 0. The van der Waals surface area contributed by atoms with Gasteiger partial charge in [0.25, 0.3) is 0 Å². The zero-order valence-electron chi connectivity index (χ0n) is 7.38. The maximum atomic E-state index is 13.1. The van der Waals surface area contributed by atoms with Crippen LogP contribution in [0.1, 0.15) is 25.5 Å². The lowest BCUT2D eigenvalue weighted by molar-refractivity contribution is 0.0738. The standard InChI is InChI=1S/C10H13FO/c1-3-12-8(2)9-6-4-5-7-10(9)11/h4-8H,3H2,1-2H3. The third kappa shape index (κ3) is 2.05. The first kappa shape index (κ1) is 9.20. The molecule has 0 spiro atoms. The Hall–Kier alpha value is -0.890. The Kier molecular flexibility index (Phi) is 3.23. The van der Waals surface area contributed by atoms with E-state index in [-0.39, 0.29) is 11.9 Å². The van der Waals surface area contributed by atoms with Crippen molar-refractivity contribution in [1.29, 1.82) is 0 Å². The summed E-state index contributed by atoms with van der Waals surface area (Å²) < 4.78 is 18.4. The third-order valence-electron chi connectivity index (χ3n) is 1.76. The van der Waals surface area contributed by atoms with Crippen molar-refractivity contribution in [3.63, 3.8) is 0 Å². The molecule has 1 atom stereocenters. The van der Waals surface area contributed by atoms with E-state index >= 15 is 0 Å². The lowest BCUT2D eigenvalue weighted by Crippen LogP contribution is -2.01. The van der Waals surface area contributed by atoms with Gasteiger partial charge in [-0.15, -0.1) is 0 Å². The molecule has 12 heavy (non-hydrogen) atoms. The zero-order chi connectivity index (χ0) is 8.97. The lowest BCUT2D eigenvalue weighted by atomic mass is 10.1. The van der Waals surface area contributed by atoms with Crippen molar-refractivity contribution < 1.29 is 9.13 Å². The van der Waals surface area contributed by atoms with Gasteiger partial charge in [0.05, 0.1) is 6.10 Å². The second-order valence-electron chi connectivity index (χ2n) is 2.62. The number of hydrogen-bond acceptors (Lipinski definition) is 1. The highest BCUT2D eigenvalue weighted by Gasteiger charge is 2.08. The van der Waals surface area contributed by atoms with E-state index in [2.05, 4.69) is 0 Å². The Morgan fingerprint density at radius 3 is 2.67 bits per heavy atom. The van der Waals surface area contributed by atoms with E-state index < -0.39 is 0 Å². The molecule has 1 aromatic rings. The summed E-state index contributed by atoms with van der Waals surface area (Å²) in [6, 6.07) is 6.69. The third-order valence-corrected chi connectivity index (χ3v) is 1.76. The Morgan fingerprint density at radius 1 is 1.42 bits per heavy atom. The largest absolute Gasteiger partial charge is 0.374 e. The first-order valence-electron chi connectivity index (χ1n) is 4.11. The molecule has 0 aromatic heterocycles. The first-order chi connectivity index (χ1) is 5.75. The number of rotatable bonds is 3. The van der Waals surface area contributed by atoms with E-state index in [1.54, 1.807) is 12.1 Å². The van der Waals surface area contributed by atoms with Crippen LogP contribution in [0.5, 0.6) is 0 Å². The Morgan fingerprint density at radius 2 is 2.08 bits per heavy atom. The number of benzene rings is 1. The van der Waals surface area contributed by atoms with E-state index in [0.717, 1.165) is 0 Å². The molecule has 0 aliphatic carbocycles. The molecule has 2 heteroatoms. The SMILES string of the molecule is CCOC(C)c1ccccc1F. The predicted octanol–water partition coefficient (Wildman–Crippen LogP) is 2.92. The summed E-state index contributed by atoms with van der Waals surface area (Å²) in [5.74, 6) is -0.196. The van der Waals surface area contributed by atoms with Crippen LogP contribution in [-0.2, 0) is 4.74 Å². The fourth-order valence-electron chi connectivity index (χ4n) is 1.14. The smallest absolute Gasteiger partial charge is 0.128 e. The summed E-state index contributed by atoms with van der Waals surface area (Å²) in [5.41, 5.74) is 0.624. The van der Waals surface area contributed by atoms with Crippen LogP contribution in [0.2, 0.25) is 0 Å². The van der Waals surface area contributed by atoms with E-state index in [1.807, 2.05) is 19.9 Å². The molecule has 1 nitrogen and oxygen atoms in total. The van der Waals surface area contributed by atoms with Crippen LogP contribution >= 0.6 is 0 Å². The maximum Gasteiger partial charge on any atom is 0.128 e. The fourth-order valence-corrected chi connectivity index (χ4v) is 1.14. The molecule has 0 N–H and O–H groups in total. The van der Waals surface area contributed by atoms with Crippen molar-refractivity contribution in [3.05, 3.63) is 35.6 Å². The highest BCUT2D eigenvalue weighted by atomic mass is 19.1. The van der Waals surface area contributed by atoms with Gasteiger partial charge in [-0.1, -0.05) is 18.2 Å². The molecule has 0 saturated heterocycles. The van der Waals surface area contributed by atoms with Gasteiger partial charge in [0.1, 0.15) is 5.82 Å². The fraction of sp³-hybridized carbons (Fsp3) is 0.400. The molecular weight excluding hydrogens is 155 g/mol. The van der Waals surface area contributed by atoms with E-state index in [4.69, 9.17) is 4.74 Å². The van der Waals surface area contributed by atoms with Crippen LogP contribution in [0.4, 0.5) is 4.39 Å². The molecule has 0 fully saturated rings. The van der Waals surface area contributed by atoms with E-state index in [1.165, 1.54) is 6.07 Å². The van der Waals surface area contributed by atoms with Gasteiger partial charge in [-0.25, -0.2) is 4.39 Å². The topological polar surface area (TPSA) is 9.23 Å². The Balaban J connectivity index is 2.79. The van der Waals surface area contributed by atoms with Crippen LogP contribution in [0.25, 0.3) is 0 Å². The minimum atomic E-state index is -0.196. The average Bonchev–Trinajstić information content (AvgIpc) is 2.05. The van der Waals surface area contributed by atoms with Gasteiger partial charge in [0, 0.05) is 12.2 Å². The second kappa shape index (κ2) is 4.21. The molecule has 0 saturated carbocycles. The zero-order valence-corrected chi connectivity index (χ0v) is 7.38.